The molecule has 1 unspecified atom stereocenters. The van der Waals surface area contributed by atoms with Crippen molar-refractivity contribution in [2.24, 2.45) is 23.2 Å². The van der Waals surface area contributed by atoms with Crippen LogP contribution in [0.4, 0.5) is 0 Å². The van der Waals surface area contributed by atoms with Gasteiger partial charge in [-0.2, -0.15) is 0 Å². The van der Waals surface area contributed by atoms with Gasteiger partial charge in [-0.25, -0.2) is 0 Å². The van der Waals surface area contributed by atoms with E-state index in [1.54, 1.807) is 19.9 Å². The van der Waals surface area contributed by atoms with Gasteiger partial charge in [0.2, 0.25) is 11.6 Å². The second-order valence-corrected chi connectivity index (χ2v) is 7.80. The molecule has 126 valence electrons. The van der Waals surface area contributed by atoms with E-state index in [-0.39, 0.29) is 23.5 Å². The Labute approximate surface area is 139 Å². The highest BCUT2D eigenvalue weighted by molar-refractivity contribution is 6.43. The Balaban J connectivity index is 2.31. The maximum absolute atomic E-state index is 12.3. The topological polar surface area (TPSA) is 54.4 Å². The van der Waals surface area contributed by atoms with Gasteiger partial charge in [0.1, 0.15) is 0 Å². The zero-order valence-corrected chi connectivity index (χ0v) is 14.8. The molecule has 0 aliphatic heterocycles. The first-order chi connectivity index (χ1) is 10.6. The van der Waals surface area contributed by atoms with E-state index >= 15 is 0 Å². The van der Waals surface area contributed by atoms with Gasteiger partial charge >= 0.3 is 0 Å². The van der Waals surface area contributed by atoms with Crippen molar-refractivity contribution in [1.29, 1.82) is 0 Å². The molecular weight excluding hydrogens is 288 g/mol. The summed E-state index contributed by atoms with van der Waals surface area (Å²) in [6.45, 7) is 10.0. The molecule has 2 rings (SSSR count). The third-order valence-corrected chi connectivity index (χ3v) is 5.56. The molecule has 3 atom stereocenters. The molecule has 1 fully saturated rings. The van der Waals surface area contributed by atoms with E-state index in [1.807, 2.05) is 12.2 Å². The molecule has 0 saturated heterocycles. The van der Waals surface area contributed by atoms with Crippen LogP contribution in [-0.4, -0.2) is 16.7 Å². The lowest BCUT2D eigenvalue weighted by Gasteiger charge is -2.10. The van der Waals surface area contributed by atoms with Crippen LogP contribution in [0.1, 0.15) is 53.9 Å². The van der Waals surface area contributed by atoms with Crippen LogP contribution in [-0.2, 0) is 9.59 Å². The van der Waals surface area contributed by atoms with Crippen LogP contribution >= 0.6 is 0 Å². The number of carbonyl (C=O) groups is 2. The SMILES string of the molecule is C/C1=C\C=C(\O)C(C)CC(=O)C(=O)/C(C)=C/[C@@H]2[C@H](CC1)C2(C)C. The van der Waals surface area contributed by atoms with Crippen LogP contribution in [0.3, 0.4) is 0 Å². The van der Waals surface area contributed by atoms with Crippen molar-refractivity contribution in [1.82, 2.24) is 0 Å². The van der Waals surface area contributed by atoms with E-state index < -0.39 is 11.6 Å². The van der Waals surface area contributed by atoms with Crippen molar-refractivity contribution in [2.45, 2.75) is 53.9 Å². The van der Waals surface area contributed by atoms with Gasteiger partial charge in [0.05, 0.1) is 5.76 Å². The predicted octanol–water partition coefficient (Wildman–Crippen LogP) is 4.55. The van der Waals surface area contributed by atoms with Crippen LogP contribution < -0.4 is 0 Å². The number of Topliss-reactive ketones (excluding diaryl/α,β-unsaturated/α-hetero) is 2. The second-order valence-electron chi connectivity index (χ2n) is 7.80. The first-order valence-corrected chi connectivity index (χ1v) is 8.46. The monoisotopic (exact) mass is 316 g/mol. The van der Waals surface area contributed by atoms with Gasteiger partial charge in [-0.1, -0.05) is 38.5 Å². The van der Waals surface area contributed by atoms with Gasteiger partial charge in [-0.15, -0.1) is 0 Å². The molecule has 0 aromatic rings. The Morgan fingerprint density at radius 1 is 1.17 bits per heavy atom. The smallest absolute Gasteiger partial charge is 0.223 e. The van der Waals surface area contributed by atoms with Crippen LogP contribution in [0.2, 0.25) is 0 Å². The lowest BCUT2D eigenvalue weighted by molar-refractivity contribution is -0.134. The number of rotatable bonds is 0. The Hall–Kier alpha value is -1.64. The van der Waals surface area contributed by atoms with Crippen molar-refractivity contribution < 1.29 is 14.7 Å². The van der Waals surface area contributed by atoms with Gasteiger partial charge in [0.25, 0.3) is 0 Å². The van der Waals surface area contributed by atoms with E-state index in [2.05, 4.69) is 20.8 Å². The third-order valence-electron chi connectivity index (χ3n) is 5.56. The molecule has 0 radical (unpaired) electrons. The summed E-state index contributed by atoms with van der Waals surface area (Å²) in [6.07, 6.45) is 7.70. The van der Waals surface area contributed by atoms with Gasteiger partial charge in [-0.3, -0.25) is 9.59 Å². The number of hydrogen-bond acceptors (Lipinski definition) is 3. The molecular formula is C20H28O3. The number of ketones is 2. The summed E-state index contributed by atoms with van der Waals surface area (Å²) in [5.74, 6) is -0.0847. The van der Waals surface area contributed by atoms with Crippen molar-refractivity contribution in [3.8, 4) is 0 Å². The largest absolute Gasteiger partial charge is 0.512 e. The van der Waals surface area contributed by atoms with E-state index in [0.29, 0.717) is 17.4 Å². The Kier molecular flexibility index (Phi) is 4.98. The third kappa shape index (κ3) is 3.82. The minimum Gasteiger partial charge on any atom is -0.512 e. The molecule has 1 saturated carbocycles. The molecule has 0 bridgehead atoms. The molecule has 3 nitrogen and oxygen atoms in total. The van der Waals surface area contributed by atoms with E-state index in [1.165, 1.54) is 5.57 Å². The number of carbonyl (C=O) groups excluding carboxylic acids is 2. The molecule has 0 spiro atoms. The zero-order valence-electron chi connectivity index (χ0n) is 14.8. The lowest BCUT2D eigenvalue weighted by atomic mass is 9.96. The summed E-state index contributed by atoms with van der Waals surface area (Å²) in [7, 11) is 0. The highest BCUT2D eigenvalue weighted by Gasteiger charge is 2.55. The van der Waals surface area contributed by atoms with Gasteiger partial charge in [-0.05, 0) is 55.6 Å². The van der Waals surface area contributed by atoms with Crippen molar-refractivity contribution in [2.75, 3.05) is 0 Å². The molecule has 0 aromatic carbocycles. The summed E-state index contributed by atoms with van der Waals surface area (Å²) in [4.78, 5) is 24.4. The van der Waals surface area contributed by atoms with Crippen molar-refractivity contribution >= 4 is 11.6 Å². The normalized spacial score (nSPS) is 39.0. The average Bonchev–Trinajstić information content (AvgIpc) is 3.00. The predicted molar refractivity (Wildman–Crippen MR) is 92.0 cm³/mol. The fourth-order valence-corrected chi connectivity index (χ4v) is 3.57. The lowest BCUT2D eigenvalue weighted by Crippen LogP contribution is -2.19. The van der Waals surface area contributed by atoms with E-state index in [0.717, 1.165) is 12.8 Å². The van der Waals surface area contributed by atoms with E-state index in [4.69, 9.17) is 0 Å². The zero-order chi connectivity index (χ0) is 17.4. The van der Waals surface area contributed by atoms with E-state index in [9.17, 15) is 14.7 Å². The molecule has 23 heavy (non-hydrogen) atoms. The van der Waals surface area contributed by atoms with Crippen LogP contribution in [0, 0.1) is 23.2 Å². The first kappa shape index (κ1) is 17.7. The Bertz CT molecular complexity index is 604. The number of aliphatic hydroxyl groups excluding tert-OH is 1. The molecule has 0 amide bonds. The summed E-state index contributed by atoms with van der Waals surface area (Å²) in [5, 5.41) is 10.1. The first-order valence-electron chi connectivity index (χ1n) is 8.46. The maximum Gasteiger partial charge on any atom is 0.223 e. The van der Waals surface area contributed by atoms with Gasteiger partial charge in [0.15, 0.2) is 0 Å². The minimum atomic E-state index is -0.418. The number of aliphatic hydroxyl groups is 1. The molecule has 3 heteroatoms. The van der Waals surface area contributed by atoms with Gasteiger partial charge in [0, 0.05) is 12.3 Å². The quantitative estimate of drug-likeness (QED) is 0.667. The highest BCUT2D eigenvalue weighted by Crippen LogP contribution is 2.61. The molecule has 2 aliphatic carbocycles. The van der Waals surface area contributed by atoms with Crippen molar-refractivity contribution in [3.05, 3.63) is 35.1 Å². The van der Waals surface area contributed by atoms with Crippen LogP contribution in [0.25, 0.3) is 0 Å². The summed E-state index contributed by atoms with van der Waals surface area (Å²) >= 11 is 0. The Morgan fingerprint density at radius 3 is 2.48 bits per heavy atom. The number of hydrogen-bond donors (Lipinski definition) is 1. The summed E-state index contributed by atoms with van der Waals surface area (Å²) in [5.41, 5.74) is 1.97. The van der Waals surface area contributed by atoms with Gasteiger partial charge < -0.3 is 5.11 Å². The Morgan fingerprint density at radius 2 is 1.83 bits per heavy atom. The highest BCUT2D eigenvalue weighted by atomic mass is 16.3. The molecule has 0 aromatic heterocycles. The molecule has 2 aliphatic rings. The molecule has 1 N–H and O–H groups in total. The van der Waals surface area contributed by atoms with Crippen LogP contribution in [0.15, 0.2) is 35.1 Å². The molecule has 0 heterocycles. The standard InChI is InChI=1S/C20H28O3/c1-12-6-8-15-16(20(15,4)5)10-14(3)19(23)18(22)11-13(2)17(21)9-7-12/h7,9-10,13,15-16,21H,6,8,11H2,1-5H3/b12-7+,14-10+,17-9+/t13?,15-,16+/m0/s1. The number of allylic oxidation sites excluding steroid dienone is 6. The fraction of sp³-hybridized carbons (Fsp3) is 0.600. The average molecular weight is 316 g/mol. The maximum atomic E-state index is 12.3. The second kappa shape index (κ2) is 6.46. The van der Waals surface area contributed by atoms with Crippen LogP contribution in [0.5, 0.6) is 0 Å². The minimum absolute atomic E-state index is 0.0523. The number of fused-ring (bicyclic) bond motifs is 1. The van der Waals surface area contributed by atoms with Crippen molar-refractivity contribution in [3.63, 3.8) is 0 Å². The summed E-state index contributed by atoms with van der Waals surface area (Å²) in [6, 6.07) is 0. The fourth-order valence-electron chi connectivity index (χ4n) is 3.57. The summed E-state index contributed by atoms with van der Waals surface area (Å²) < 4.78 is 0.